The third-order valence-electron chi connectivity index (χ3n) is 4.16. The van der Waals surface area contributed by atoms with E-state index in [1.165, 1.54) is 0 Å². The van der Waals surface area contributed by atoms with Crippen LogP contribution < -0.4 is 11.1 Å². The van der Waals surface area contributed by atoms with Gasteiger partial charge in [-0.3, -0.25) is 9.69 Å². The monoisotopic (exact) mass is 389 g/mol. The summed E-state index contributed by atoms with van der Waals surface area (Å²) >= 11 is 3.48. The number of hydrogen-bond acceptors (Lipinski definition) is 3. The highest BCUT2D eigenvalue weighted by atomic mass is 79.9. The number of amides is 1. The van der Waals surface area contributed by atoms with Crippen molar-refractivity contribution >= 4 is 39.9 Å². The van der Waals surface area contributed by atoms with Crippen LogP contribution in [-0.4, -0.2) is 36.5 Å². The van der Waals surface area contributed by atoms with E-state index in [-0.39, 0.29) is 29.8 Å². The SMILES string of the molecule is Cc1ccc(NC(=O)CN2CCC(N)C(C)(C)C2)c(Br)c1.Cl. The van der Waals surface area contributed by atoms with Crippen LogP contribution in [0, 0.1) is 12.3 Å². The Morgan fingerprint density at radius 3 is 2.77 bits per heavy atom. The Morgan fingerprint density at radius 1 is 1.50 bits per heavy atom. The molecule has 124 valence electrons. The number of halogens is 2. The van der Waals surface area contributed by atoms with E-state index in [0.717, 1.165) is 35.2 Å². The molecule has 0 saturated carbocycles. The molecule has 0 spiro atoms. The van der Waals surface area contributed by atoms with Gasteiger partial charge in [-0.1, -0.05) is 19.9 Å². The molecule has 6 heteroatoms. The summed E-state index contributed by atoms with van der Waals surface area (Å²) in [6.45, 7) is 8.51. The standard InChI is InChI=1S/C16H24BrN3O.ClH/c1-11-4-5-13(12(17)8-11)19-15(21)9-20-7-6-14(18)16(2,3)10-20;/h4-5,8,14H,6-7,9-10,18H2,1-3H3,(H,19,21);1H. The number of likely N-dealkylation sites (tertiary alicyclic amines) is 1. The van der Waals surface area contributed by atoms with Crippen molar-refractivity contribution in [2.75, 3.05) is 25.0 Å². The van der Waals surface area contributed by atoms with E-state index in [4.69, 9.17) is 5.73 Å². The average Bonchev–Trinajstić information content (AvgIpc) is 2.37. The van der Waals surface area contributed by atoms with Crippen molar-refractivity contribution in [2.24, 2.45) is 11.1 Å². The van der Waals surface area contributed by atoms with E-state index >= 15 is 0 Å². The lowest BCUT2D eigenvalue weighted by Gasteiger charge is -2.42. The van der Waals surface area contributed by atoms with Gasteiger partial charge in [-0.2, -0.15) is 0 Å². The van der Waals surface area contributed by atoms with E-state index in [9.17, 15) is 4.79 Å². The first-order chi connectivity index (χ1) is 9.78. The molecular formula is C16H25BrClN3O. The molecule has 1 atom stereocenters. The maximum Gasteiger partial charge on any atom is 0.238 e. The molecule has 0 radical (unpaired) electrons. The largest absolute Gasteiger partial charge is 0.327 e. The molecule has 1 aliphatic rings. The van der Waals surface area contributed by atoms with Gasteiger partial charge in [-0.05, 0) is 52.4 Å². The van der Waals surface area contributed by atoms with Gasteiger partial charge in [0.1, 0.15) is 0 Å². The number of carbonyl (C=O) groups excluding carboxylic acids is 1. The highest BCUT2D eigenvalue weighted by Gasteiger charge is 2.33. The number of hydrogen-bond donors (Lipinski definition) is 2. The molecule has 22 heavy (non-hydrogen) atoms. The molecule has 0 bridgehead atoms. The van der Waals surface area contributed by atoms with Gasteiger partial charge >= 0.3 is 0 Å². The predicted molar refractivity (Wildman–Crippen MR) is 97.6 cm³/mol. The molecule has 3 N–H and O–H groups in total. The minimum atomic E-state index is 0. The fourth-order valence-electron chi connectivity index (χ4n) is 2.73. The third kappa shape index (κ3) is 4.95. The number of nitrogens with one attached hydrogen (secondary N) is 1. The number of anilines is 1. The minimum absolute atomic E-state index is 0. The maximum atomic E-state index is 12.2. The molecule has 1 saturated heterocycles. The molecule has 1 unspecified atom stereocenters. The van der Waals surface area contributed by atoms with E-state index in [2.05, 4.69) is 40.0 Å². The number of nitrogens with zero attached hydrogens (tertiary/aromatic N) is 1. The number of rotatable bonds is 3. The van der Waals surface area contributed by atoms with E-state index in [1.807, 2.05) is 25.1 Å². The second-order valence-electron chi connectivity index (χ2n) is 6.63. The van der Waals surface area contributed by atoms with Crippen molar-refractivity contribution in [3.05, 3.63) is 28.2 Å². The highest BCUT2D eigenvalue weighted by molar-refractivity contribution is 9.10. The summed E-state index contributed by atoms with van der Waals surface area (Å²) in [5.41, 5.74) is 8.17. The van der Waals surface area contributed by atoms with Crippen LogP contribution in [0.4, 0.5) is 5.69 Å². The average molecular weight is 391 g/mol. The maximum absolute atomic E-state index is 12.2. The van der Waals surface area contributed by atoms with Crippen molar-refractivity contribution in [1.29, 1.82) is 0 Å². The van der Waals surface area contributed by atoms with Gasteiger partial charge in [0, 0.05) is 23.6 Å². The first kappa shape index (κ1) is 19.4. The van der Waals surface area contributed by atoms with Crippen LogP contribution in [0.2, 0.25) is 0 Å². The summed E-state index contributed by atoms with van der Waals surface area (Å²) in [7, 11) is 0. The van der Waals surface area contributed by atoms with Crippen LogP contribution >= 0.6 is 28.3 Å². The lowest BCUT2D eigenvalue weighted by atomic mass is 9.80. The normalized spacial score (nSPS) is 21.0. The predicted octanol–water partition coefficient (Wildman–Crippen LogP) is 3.18. The van der Waals surface area contributed by atoms with Gasteiger partial charge in [0.25, 0.3) is 0 Å². The fourth-order valence-corrected chi connectivity index (χ4v) is 3.33. The number of benzene rings is 1. The molecular weight excluding hydrogens is 366 g/mol. The van der Waals surface area contributed by atoms with Crippen LogP contribution in [0.5, 0.6) is 0 Å². The summed E-state index contributed by atoms with van der Waals surface area (Å²) in [4.78, 5) is 14.4. The lowest BCUT2D eigenvalue weighted by Crippen LogP contribution is -2.53. The van der Waals surface area contributed by atoms with Crippen LogP contribution in [0.3, 0.4) is 0 Å². The third-order valence-corrected chi connectivity index (χ3v) is 4.81. The zero-order valence-corrected chi connectivity index (χ0v) is 15.8. The Bertz CT molecular complexity index is 536. The molecule has 1 heterocycles. The first-order valence-electron chi connectivity index (χ1n) is 7.32. The molecule has 2 rings (SSSR count). The van der Waals surface area contributed by atoms with Gasteiger partial charge in [0.05, 0.1) is 12.2 Å². The molecule has 0 aromatic heterocycles. The van der Waals surface area contributed by atoms with Crippen molar-refractivity contribution < 1.29 is 4.79 Å². The Balaban J connectivity index is 0.00000242. The smallest absolute Gasteiger partial charge is 0.238 e. The van der Waals surface area contributed by atoms with Gasteiger partial charge in [-0.15, -0.1) is 12.4 Å². The number of carbonyl (C=O) groups is 1. The molecule has 1 aromatic rings. The Hall–Kier alpha value is -0.620. The highest BCUT2D eigenvalue weighted by Crippen LogP contribution is 2.28. The van der Waals surface area contributed by atoms with Crippen LogP contribution in [0.1, 0.15) is 25.8 Å². The second kappa shape index (κ2) is 7.77. The second-order valence-corrected chi connectivity index (χ2v) is 7.48. The van der Waals surface area contributed by atoms with E-state index in [0.29, 0.717) is 6.54 Å². The van der Waals surface area contributed by atoms with Crippen molar-refractivity contribution in [3.8, 4) is 0 Å². The summed E-state index contributed by atoms with van der Waals surface area (Å²) in [6.07, 6.45) is 0.939. The van der Waals surface area contributed by atoms with E-state index < -0.39 is 0 Å². The van der Waals surface area contributed by atoms with Crippen molar-refractivity contribution in [3.63, 3.8) is 0 Å². The van der Waals surface area contributed by atoms with Crippen LogP contribution in [0.15, 0.2) is 22.7 Å². The van der Waals surface area contributed by atoms with Crippen LogP contribution in [-0.2, 0) is 4.79 Å². The Labute approximate surface area is 147 Å². The van der Waals surface area contributed by atoms with Gasteiger partial charge in [-0.25, -0.2) is 0 Å². The molecule has 1 amide bonds. The topological polar surface area (TPSA) is 58.4 Å². The van der Waals surface area contributed by atoms with Gasteiger partial charge < -0.3 is 11.1 Å². The zero-order valence-electron chi connectivity index (χ0n) is 13.4. The number of aryl methyl sites for hydroxylation is 1. The Kier molecular flexibility index (Phi) is 6.86. The zero-order chi connectivity index (χ0) is 15.6. The molecule has 1 aromatic carbocycles. The number of nitrogens with two attached hydrogens (primary N) is 1. The summed E-state index contributed by atoms with van der Waals surface area (Å²) in [5, 5.41) is 2.96. The minimum Gasteiger partial charge on any atom is -0.327 e. The van der Waals surface area contributed by atoms with Gasteiger partial charge in [0.15, 0.2) is 0 Å². The summed E-state index contributed by atoms with van der Waals surface area (Å²) in [5.74, 6) is 0.0193. The van der Waals surface area contributed by atoms with Crippen molar-refractivity contribution in [2.45, 2.75) is 33.2 Å². The molecule has 1 aliphatic heterocycles. The quantitative estimate of drug-likeness (QED) is 0.833. The van der Waals surface area contributed by atoms with Crippen molar-refractivity contribution in [1.82, 2.24) is 4.90 Å². The summed E-state index contributed by atoms with van der Waals surface area (Å²) in [6, 6.07) is 6.12. The molecule has 4 nitrogen and oxygen atoms in total. The van der Waals surface area contributed by atoms with Crippen LogP contribution in [0.25, 0.3) is 0 Å². The summed E-state index contributed by atoms with van der Waals surface area (Å²) < 4.78 is 0.914. The molecule has 1 fully saturated rings. The molecule has 0 aliphatic carbocycles. The lowest BCUT2D eigenvalue weighted by molar-refractivity contribution is -0.118. The Morgan fingerprint density at radius 2 is 2.18 bits per heavy atom. The van der Waals surface area contributed by atoms with Gasteiger partial charge in [0.2, 0.25) is 5.91 Å². The first-order valence-corrected chi connectivity index (χ1v) is 8.11. The van der Waals surface area contributed by atoms with E-state index in [1.54, 1.807) is 0 Å². The fraction of sp³-hybridized carbons (Fsp3) is 0.562. The number of piperidine rings is 1.